The fourth-order valence-corrected chi connectivity index (χ4v) is 4.07. The molecule has 1 saturated heterocycles. The van der Waals surface area contributed by atoms with Gasteiger partial charge >= 0.3 is 5.97 Å². The Morgan fingerprint density at radius 3 is 2.52 bits per heavy atom. The van der Waals surface area contributed by atoms with Crippen molar-refractivity contribution in [3.05, 3.63) is 59.7 Å². The maximum absolute atomic E-state index is 13.2. The Balaban J connectivity index is 1.88. The van der Waals surface area contributed by atoms with E-state index in [0.29, 0.717) is 26.1 Å². The Bertz CT molecular complexity index is 847. The van der Waals surface area contributed by atoms with Gasteiger partial charge in [-0.3, -0.25) is 14.5 Å². The number of aryl methyl sites for hydroxylation is 1. The molecule has 0 aromatic heterocycles. The third-order valence-corrected chi connectivity index (χ3v) is 5.52. The van der Waals surface area contributed by atoms with Crippen LogP contribution in [-0.4, -0.2) is 59.5 Å². The zero-order valence-corrected chi connectivity index (χ0v) is 17.3. The zero-order valence-electron chi connectivity index (χ0n) is 17.3. The quantitative estimate of drug-likeness (QED) is 0.781. The minimum Gasteiger partial charge on any atom is -0.480 e. The number of amides is 1. The van der Waals surface area contributed by atoms with E-state index < -0.39 is 5.97 Å². The van der Waals surface area contributed by atoms with Gasteiger partial charge in [-0.25, -0.2) is 0 Å². The van der Waals surface area contributed by atoms with Crippen molar-refractivity contribution in [2.75, 3.05) is 32.7 Å². The minimum absolute atomic E-state index is 0.0245. The van der Waals surface area contributed by atoms with Gasteiger partial charge < -0.3 is 10.0 Å². The molecule has 0 spiro atoms. The first-order valence-electron chi connectivity index (χ1n) is 10.4. The molecule has 29 heavy (non-hydrogen) atoms. The van der Waals surface area contributed by atoms with Crippen LogP contribution in [0.15, 0.2) is 48.5 Å². The number of carboxylic acids is 1. The maximum Gasteiger partial charge on any atom is 0.317 e. The van der Waals surface area contributed by atoms with Crippen LogP contribution in [0.5, 0.6) is 0 Å². The summed E-state index contributed by atoms with van der Waals surface area (Å²) in [4.78, 5) is 28.3. The molecule has 154 valence electrons. The van der Waals surface area contributed by atoms with Gasteiger partial charge in [0.05, 0.1) is 12.5 Å². The van der Waals surface area contributed by atoms with Crippen LogP contribution in [0.3, 0.4) is 0 Å². The molecular weight excluding hydrogens is 364 g/mol. The molecule has 1 unspecified atom stereocenters. The van der Waals surface area contributed by atoms with Crippen molar-refractivity contribution in [3.63, 3.8) is 0 Å². The Kier molecular flexibility index (Phi) is 7.04. The van der Waals surface area contributed by atoms with Crippen molar-refractivity contribution >= 4 is 11.9 Å². The highest BCUT2D eigenvalue weighted by atomic mass is 16.4. The fraction of sp³-hybridized carbons (Fsp3) is 0.417. The SMILES string of the molecule is CCCN1CCN(CC(=O)O)CC(Cc2ccccc2-c2ccc(C)cc2)C1=O. The van der Waals surface area contributed by atoms with Crippen LogP contribution < -0.4 is 0 Å². The van der Waals surface area contributed by atoms with Crippen molar-refractivity contribution in [1.82, 2.24) is 9.80 Å². The van der Waals surface area contributed by atoms with Crippen molar-refractivity contribution < 1.29 is 14.7 Å². The van der Waals surface area contributed by atoms with Gasteiger partial charge in [-0.1, -0.05) is 61.0 Å². The van der Waals surface area contributed by atoms with Crippen LogP contribution >= 0.6 is 0 Å². The third-order valence-electron chi connectivity index (χ3n) is 5.52. The summed E-state index contributed by atoms with van der Waals surface area (Å²) in [7, 11) is 0. The molecular formula is C24H30N2O3. The van der Waals surface area contributed by atoms with Crippen LogP contribution in [0.4, 0.5) is 0 Å². The Morgan fingerprint density at radius 2 is 1.83 bits per heavy atom. The molecule has 1 N–H and O–H groups in total. The predicted octanol–water partition coefficient (Wildman–Crippen LogP) is 3.46. The molecule has 1 amide bonds. The Hall–Kier alpha value is -2.66. The fourth-order valence-electron chi connectivity index (χ4n) is 4.07. The monoisotopic (exact) mass is 394 g/mol. The molecule has 2 aromatic rings. The second kappa shape index (κ2) is 9.70. The van der Waals surface area contributed by atoms with E-state index in [1.807, 2.05) is 21.9 Å². The van der Waals surface area contributed by atoms with Crippen LogP contribution in [-0.2, 0) is 16.0 Å². The van der Waals surface area contributed by atoms with Crippen molar-refractivity contribution in [1.29, 1.82) is 0 Å². The molecule has 0 radical (unpaired) electrons. The summed E-state index contributed by atoms with van der Waals surface area (Å²) in [6.07, 6.45) is 1.51. The van der Waals surface area contributed by atoms with Gasteiger partial charge in [0.2, 0.25) is 5.91 Å². The molecule has 1 aliphatic heterocycles. The van der Waals surface area contributed by atoms with E-state index in [1.165, 1.54) is 5.56 Å². The number of carbonyl (C=O) groups excluding carboxylic acids is 1. The second-order valence-corrected chi connectivity index (χ2v) is 7.88. The van der Waals surface area contributed by atoms with Gasteiger partial charge in [-0.05, 0) is 36.5 Å². The minimum atomic E-state index is -0.847. The number of nitrogens with zero attached hydrogens (tertiary/aromatic N) is 2. The van der Waals surface area contributed by atoms with Crippen LogP contribution in [0.2, 0.25) is 0 Å². The van der Waals surface area contributed by atoms with Gasteiger partial charge in [-0.15, -0.1) is 0 Å². The Labute approximate surface area is 172 Å². The number of hydrogen-bond acceptors (Lipinski definition) is 3. The molecule has 3 rings (SSSR count). The van der Waals surface area contributed by atoms with Gasteiger partial charge in [0.1, 0.15) is 0 Å². The standard InChI is InChI=1S/C24H30N2O3/c1-3-12-26-14-13-25(17-23(27)28)16-21(24(26)29)15-20-6-4-5-7-22(20)19-10-8-18(2)9-11-19/h4-11,21H,3,12-17H2,1-2H3,(H,27,28). The topological polar surface area (TPSA) is 60.9 Å². The molecule has 1 heterocycles. The second-order valence-electron chi connectivity index (χ2n) is 7.88. The predicted molar refractivity (Wildman–Crippen MR) is 115 cm³/mol. The van der Waals surface area contributed by atoms with Crippen LogP contribution in [0.1, 0.15) is 24.5 Å². The van der Waals surface area contributed by atoms with E-state index in [2.05, 4.69) is 50.2 Å². The van der Waals surface area contributed by atoms with Gasteiger partial charge in [0, 0.05) is 26.2 Å². The van der Waals surface area contributed by atoms with Crippen molar-refractivity contribution in [2.45, 2.75) is 26.7 Å². The molecule has 0 aliphatic carbocycles. The molecule has 2 aromatic carbocycles. The molecule has 5 nitrogen and oxygen atoms in total. The summed E-state index contributed by atoms with van der Waals surface area (Å²) in [6.45, 7) is 6.51. The first-order chi connectivity index (χ1) is 14.0. The molecule has 1 atom stereocenters. The lowest BCUT2D eigenvalue weighted by atomic mass is 9.91. The summed E-state index contributed by atoms with van der Waals surface area (Å²) in [5.41, 5.74) is 4.62. The highest BCUT2D eigenvalue weighted by Crippen LogP contribution is 2.27. The zero-order chi connectivity index (χ0) is 20.8. The van der Waals surface area contributed by atoms with Gasteiger partial charge in [0.25, 0.3) is 0 Å². The Morgan fingerprint density at radius 1 is 1.10 bits per heavy atom. The number of hydrogen-bond donors (Lipinski definition) is 1. The van der Waals surface area contributed by atoms with Crippen molar-refractivity contribution in [3.8, 4) is 11.1 Å². The average Bonchev–Trinajstić information content (AvgIpc) is 2.83. The maximum atomic E-state index is 13.2. The molecule has 5 heteroatoms. The van der Waals surface area contributed by atoms with Crippen molar-refractivity contribution in [2.24, 2.45) is 5.92 Å². The van der Waals surface area contributed by atoms with E-state index >= 15 is 0 Å². The summed E-state index contributed by atoms with van der Waals surface area (Å²) in [5, 5.41) is 9.24. The first kappa shape index (κ1) is 21.1. The summed E-state index contributed by atoms with van der Waals surface area (Å²) >= 11 is 0. The summed E-state index contributed by atoms with van der Waals surface area (Å²) in [5.74, 6) is -0.950. The molecule has 0 bridgehead atoms. The molecule has 0 saturated carbocycles. The number of aliphatic carboxylic acids is 1. The van der Waals surface area contributed by atoms with E-state index in [4.69, 9.17) is 0 Å². The van der Waals surface area contributed by atoms with Gasteiger partial charge in [0.15, 0.2) is 0 Å². The number of carbonyl (C=O) groups is 2. The number of benzene rings is 2. The van der Waals surface area contributed by atoms with Crippen LogP contribution in [0, 0.1) is 12.8 Å². The molecule has 1 aliphatic rings. The molecule has 1 fully saturated rings. The normalized spacial score (nSPS) is 17.9. The lowest BCUT2D eigenvalue weighted by molar-refractivity contribution is -0.139. The smallest absolute Gasteiger partial charge is 0.317 e. The average molecular weight is 395 g/mol. The van der Waals surface area contributed by atoms with E-state index in [1.54, 1.807) is 0 Å². The summed E-state index contributed by atoms with van der Waals surface area (Å²) < 4.78 is 0. The largest absolute Gasteiger partial charge is 0.480 e. The van der Waals surface area contributed by atoms with Gasteiger partial charge in [-0.2, -0.15) is 0 Å². The summed E-state index contributed by atoms with van der Waals surface area (Å²) in [6, 6.07) is 16.6. The lowest BCUT2D eigenvalue weighted by Crippen LogP contribution is -2.38. The first-order valence-corrected chi connectivity index (χ1v) is 10.4. The number of carboxylic acid groups (broad SMARTS) is 1. The number of rotatable bonds is 7. The third kappa shape index (κ3) is 5.45. The van der Waals surface area contributed by atoms with E-state index in [-0.39, 0.29) is 18.4 Å². The van der Waals surface area contributed by atoms with Crippen LogP contribution in [0.25, 0.3) is 11.1 Å². The highest BCUT2D eigenvalue weighted by molar-refractivity contribution is 5.80. The van der Waals surface area contributed by atoms with E-state index in [9.17, 15) is 14.7 Å². The van der Waals surface area contributed by atoms with E-state index in [0.717, 1.165) is 29.7 Å². The highest BCUT2D eigenvalue weighted by Gasteiger charge is 2.31. The lowest BCUT2D eigenvalue weighted by Gasteiger charge is -2.24.